The monoisotopic (exact) mass is 283 g/mol. The van der Waals surface area contributed by atoms with Crippen LogP contribution in [-0.2, 0) is 12.6 Å². The van der Waals surface area contributed by atoms with E-state index in [-0.39, 0.29) is 6.04 Å². The second kappa shape index (κ2) is 6.13. The van der Waals surface area contributed by atoms with Gasteiger partial charge in [0, 0.05) is 0 Å². The van der Waals surface area contributed by atoms with E-state index in [4.69, 9.17) is 4.42 Å². The lowest BCUT2D eigenvalue weighted by molar-refractivity contribution is -0.137. The molecule has 20 heavy (non-hydrogen) atoms. The van der Waals surface area contributed by atoms with Crippen LogP contribution in [0.3, 0.4) is 0 Å². The molecule has 0 bridgehead atoms. The summed E-state index contributed by atoms with van der Waals surface area (Å²) >= 11 is 0. The van der Waals surface area contributed by atoms with Gasteiger partial charge in [0.25, 0.3) is 0 Å². The average molecular weight is 283 g/mol. The molecule has 1 unspecified atom stereocenters. The van der Waals surface area contributed by atoms with Gasteiger partial charge in [0.2, 0.25) is 0 Å². The Morgan fingerprint density at radius 3 is 2.35 bits per heavy atom. The standard InChI is InChI=1S/C15H16F3NO/c1-2-19-13(14-4-3-9-20-14)10-11-5-7-12(8-6-11)15(16,17)18/h3-9,13,19H,2,10H2,1H3. The van der Waals surface area contributed by atoms with Crippen molar-refractivity contribution in [2.75, 3.05) is 6.54 Å². The maximum absolute atomic E-state index is 12.5. The molecule has 1 aromatic heterocycles. The summed E-state index contributed by atoms with van der Waals surface area (Å²) in [6, 6.07) is 8.86. The Morgan fingerprint density at radius 1 is 1.15 bits per heavy atom. The molecule has 2 nitrogen and oxygen atoms in total. The SMILES string of the molecule is CCNC(Cc1ccc(C(F)(F)F)cc1)c1ccco1. The van der Waals surface area contributed by atoms with E-state index in [1.54, 1.807) is 12.3 Å². The molecule has 1 N–H and O–H groups in total. The number of alkyl halides is 3. The summed E-state index contributed by atoms with van der Waals surface area (Å²) in [5.74, 6) is 0.784. The molecule has 0 saturated carbocycles. The van der Waals surface area contributed by atoms with Gasteiger partial charge in [0.1, 0.15) is 5.76 Å². The van der Waals surface area contributed by atoms with E-state index in [0.29, 0.717) is 6.42 Å². The van der Waals surface area contributed by atoms with Gasteiger partial charge in [-0.05, 0) is 42.8 Å². The van der Waals surface area contributed by atoms with Crippen LogP contribution < -0.4 is 5.32 Å². The van der Waals surface area contributed by atoms with Crippen LogP contribution in [0.1, 0.15) is 29.9 Å². The summed E-state index contributed by atoms with van der Waals surface area (Å²) in [6.45, 7) is 2.73. The molecule has 2 aromatic rings. The van der Waals surface area contributed by atoms with Crippen LogP contribution in [0.4, 0.5) is 13.2 Å². The molecule has 1 heterocycles. The Labute approximate surface area is 115 Å². The summed E-state index contributed by atoms with van der Waals surface area (Å²) in [5.41, 5.74) is 0.208. The Bertz CT molecular complexity index is 517. The number of rotatable bonds is 5. The average Bonchev–Trinajstić information content (AvgIpc) is 2.91. The third kappa shape index (κ3) is 3.63. The van der Waals surface area contributed by atoms with Gasteiger partial charge in [0.15, 0.2) is 0 Å². The molecule has 0 aliphatic carbocycles. The van der Waals surface area contributed by atoms with Crippen LogP contribution in [0.15, 0.2) is 47.1 Å². The highest BCUT2D eigenvalue weighted by molar-refractivity contribution is 5.26. The van der Waals surface area contributed by atoms with Gasteiger partial charge >= 0.3 is 6.18 Å². The lowest BCUT2D eigenvalue weighted by Gasteiger charge is -2.16. The van der Waals surface area contributed by atoms with E-state index >= 15 is 0 Å². The second-order valence-corrected chi connectivity index (χ2v) is 4.52. The van der Waals surface area contributed by atoms with Crippen molar-refractivity contribution in [3.63, 3.8) is 0 Å². The smallest absolute Gasteiger partial charge is 0.416 e. The highest BCUT2D eigenvalue weighted by atomic mass is 19.4. The van der Waals surface area contributed by atoms with Crippen molar-refractivity contribution in [1.29, 1.82) is 0 Å². The largest absolute Gasteiger partial charge is 0.468 e. The molecular weight excluding hydrogens is 267 g/mol. The molecule has 0 radical (unpaired) electrons. The predicted molar refractivity (Wildman–Crippen MR) is 70.3 cm³/mol. The van der Waals surface area contributed by atoms with E-state index in [2.05, 4.69) is 5.32 Å². The third-order valence-corrected chi connectivity index (χ3v) is 3.06. The number of nitrogens with one attached hydrogen (secondary N) is 1. The van der Waals surface area contributed by atoms with Crippen molar-refractivity contribution >= 4 is 0 Å². The maximum Gasteiger partial charge on any atom is 0.416 e. The minimum absolute atomic E-state index is 0.0354. The number of likely N-dealkylation sites (N-methyl/N-ethyl adjacent to an activating group) is 1. The molecule has 0 fully saturated rings. The molecule has 0 aliphatic heterocycles. The first-order valence-electron chi connectivity index (χ1n) is 6.43. The molecule has 5 heteroatoms. The van der Waals surface area contributed by atoms with Crippen molar-refractivity contribution in [2.24, 2.45) is 0 Å². The third-order valence-electron chi connectivity index (χ3n) is 3.06. The zero-order chi connectivity index (χ0) is 14.6. The van der Waals surface area contributed by atoms with Crippen LogP contribution in [0.5, 0.6) is 0 Å². The first-order valence-corrected chi connectivity index (χ1v) is 6.43. The first-order chi connectivity index (χ1) is 9.50. The number of hydrogen-bond donors (Lipinski definition) is 1. The molecule has 2 rings (SSSR count). The zero-order valence-corrected chi connectivity index (χ0v) is 11.1. The quantitative estimate of drug-likeness (QED) is 0.890. The van der Waals surface area contributed by atoms with E-state index in [1.165, 1.54) is 12.1 Å². The fraction of sp³-hybridized carbons (Fsp3) is 0.333. The molecule has 108 valence electrons. The normalized spacial score (nSPS) is 13.4. The van der Waals surface area contributed by atoms with Crippen LogP contribution in [-0.4, -0.2) is 6.54 Å². The van der Waals surface area contributed by atoms with Gasteiger partial charge in [-0.2, -0.15) is 13.2 Å². The zero-order valence-electron chi connectivity index (χ0n) is 11.1. The number of benzene rings is 1. The summed E-state index contributed by atoms with van der Waals surface area (Å²) in [6.07, 6.45) is -2.12. The fourth-order valence-corrected chi connectivity index (χ4v) is 2.07. The van der Waals surface area contributed by atoms with Crippen molar-refractivity contribution in [3.05, 3.63) is 59.5 Å². The highest BCUT2D eigenvalue weighted by Crippen LogP contribution is 2.29. The molecule has 1 atom stereocenters. The van der Waals surface area contributed by atoms with Gasteiger partial charge < -0.3 is 9.73 Å². The maximum atomic E-state index is 12.5. The topological polar surface area (TPSA) is 25.2 Å². The predicted octanol–water partition coefficient (Wildman–Crippen LogP) is 4.19. The van der Waals surface area contributed by atoms with Crippen molar-refractivity contribution in [3.8, 4) is 0 Å². The van der Waals surface area contributed by atoms with Crippen LogP contribution in [0.2, 0.25) is 0 Å². The fourth-order valence-electron chi connectivity index (χ4n) is 2.07. The van der Waals surface area contributed by atoms with Gasteiger partial charge in [0.05, 0.1) is 17.9 Å². The molecule has 1 aromatic carbocycles. The van der Waals surface area contributed by atoms with Gasteiger partial charge in [-0.25, -0.2) is 0 Å². The first kappa shape index (κ1) is 14.7. The number of halogens is 3. The minimum Gasteiger partial charge on any atom is -0.468 e. The Kier molecular flexibility index (Phi) is 4.49. The van der Waals surface area contributed by atoms with Crippen molar-refractivity contribution in [1.82, 2.24) is 5.32 Å². The van der Waals surface area contributed by atoms with E-state index in [9.17, 15) is 13.2 Å². The molecular formula is C15H16F3NO. The van der Waals surface area contributed by atoms with Crippen LogP contribution >= 0.6 is 0 Å². The van der Waals surface area contributed by atoms with Crippen molar-refractivity contribution in [2.45, 2.75) is 25.6 Å². The summed E-state index contributed by atoms with van der Waals surface area (Å²) in [5, 5.41) is 3.26. The summed E-state index contributed by atoms with van der Waals surface area (Å²) < 4.78 is 42.9. The number of furan rings is 1. The van der Waals surface area contributed by atoms with Gasteiger partial charge in [-0.15, -0.1) is 0 Å². The Balaban J connectivity index is 2.11. The van der Waals surface area contributed by atoms with Gasteiger partial charge in [-0.1, -0.05) is 19.1 Å². The van der Waals surface area contributed by atoms with Crippen LogP contribution in [0.25, 0.3) is 0 Å². The molecule has 0 spiro atoms. The lowest BCUT2D eigenvalue weighted by Crippen LogP contribution is -2.22. The number of hydrogen-bond acceptors (Lipinski definition) is 2. The summed E-state index contributed by atoms with van der Waals surface area (Å²) in [4.78, 5) is 0. The molecule has 0 saturated heterocycles. The van der Waals surface area contributed by atoms with Crippen molar-refractivity contribution < 1.29 is 17.6 Å². The lowest BCUT2D eigenvalue weighted by atomic mass is 10.0. The molecule has 0 aliphatic rings. The highest BCUT2D eigenvalue weighted by Gasteiger charge is 2.30. The second-order valence-electron chi connectivity index (χ2n) is 4.52. The van der Waals surface area contributed by atoms with E-state index < -0.39 is 11.7 Å². The van der Waals surface area contributed by atoms with Gasteiger partial charge in [-0.3, -0.25) is 0 Å². The molecule has 0 amide bonds. The Hall–Kier alpha value is -1.75. The summed E-state index contributed by atoms with van der Waals surface area (Å²) in [7, 11) is 0. The van der Waals surface area contributed by atoms with E-state index in [0.717, 1.165) is 30.0 Å². The van der Waals surface area contributed by atoms with E-state index in [1.807, 2.05) is 13.0 Å². The van der Waals surface area contributed by atoms with Crippen LogP contribution in [0, 0.1) is 0 Å². The Morgan fingerprint density at radius 2 is 1.85 bits per heavy atom. The minimum atomic E-state index is -4.29.